The van der Waals surface area contributed by atoms with Gasteiger partial charge in [0.25, 0.3) is 0 Å². The number of benzene rings is 1. The van der Waals surface area contributed by atoms with Gasteiger partial charge in [0, 0.05) is 17.5 Å². The minimum absolute atomic E-state index is 0.280. The van der Waals surface area contributed by atoms with Crippen molar-refractivity contribution in [1.29, 1.82) is 0 Å². The average molecular weight is 232 g/mol. The highest BCUT2D eigenvalue weighted by atomic mass is 16.5. The van der Waals surface area contributed by atoms with Crippen molar-refractivity contribution in [2.75, 3.05) is 7.11 Å². The second kappa shape index (κ2) is 4.52. The van der Waals surface area contributed by atoms with E-state index < -0.39 is 0 Å². The summed E-state index contributed by atoms with van der Waals surface area (Å²) >= 11 is 0. The smallest absolute Gasteiger partial charge is 0.164 e. The largest absolute Gasteiger partial charge is 0.496 e. The summed E-state index contributed by atoms with van der Waals surface area (Å²) in [6, 6.07) is 3.97. The Labute approximate surface area is 103 Å². The van der Waals surface area contributed by atoms with E-state index in [1.165, 1.54) is 0 Å². The summed E-state index contributed by atoms with van der Waals surface area (Å²) in [6.45, 7) is 6.41. The molecule has 1 aromatic carbocycles. The van der Waals surface area contributed by atoms with Gasteiger partial charge in [-0.2, -0.15) is 0 Å². The number of hydrogen-bond donors (Lipinski definition) is 0. The normalized spacial score (nSPS) is 18.6. The van der Waals surface area contributed by atoms with Crippen molar-refractivity contribution in [3.05, 3.63) is 28.8 Å². The second-order valence-corrected chi connectivity index (χ2v) is 5.33. The molecule has 0 N–H and O–H groups in total. The highest BCUT2D eigenvalue weighted by Gasteiger charge is 2.33. The Kier molecular flexibility index (Phi) is 3.23. The minimum Gasteiger partial charge on any atom is -0.496 e. The Bertz CT molecular complexity index is 446. The number of aryl methyl sites for hydroxylation is 1. The first-order chi connectivity index (χ1) is 8.04. The zero-order chi connectivity index (χ0) is 12.6. The van der Waals surface area contributed by atoms with Crippen molar-refractivity contribution >= 4 is 5.78 Å². The fourth-order valence-electron chi connectivity index (χ4n) is 2.86. The van der Waals surface area contributed by atoms with Gasteiger partial charge in [0.15, 0.2) is 5.78 Å². The van der Waals surface area contributed by atoms with Crippen LogP contribution >= 0.6 is 0 Å². The van der Waals surface area contributed by atoms with Crippen LogP contribution in [0.1, 0.15) is 54.1 Å². The Morgan fingerprint density at radius 3 is 2.71 bits per heavy atom. The number of rotatable bonds is 3. The number of ether oxygens (including phenoxy) is 1. The maximum absolute atomic E-state index is 12.1. The van der Waals surface area contributed by atoms with Crippen LogP contribution in [0.2, 0.25) is 0 Å². The number of fused-ring (bicyclic) bond motifs is 1. The molecule has 1 aliphatic rings. The van der Waals surface area contributed by atoms with E-state index in [4.69, 9.17) is 4.74 Å². The van der Waals surface area contributed by atoms with Gasteiger partial charge in [-0.25, -0.2) is 0 Å². The van der Waals surface area contributed by atoms with Gasteiger partial charge < -0.3 is 4.74 Å². The molecule has 17 heavy (non-hydrogen) atoms. The predicted molar refractivity (Wildman–Crippen MR) is 68.9 cm³/mol. The molecule has 0 aliphatic heterocycles. The molecule has 0 bridgehead atoms. The molecule has 2 nitrogen and oxygen atoms in total. The lowest BCUT2D eigenvalue weighted by atomic mass is 9.90. The summed E-state index contributed by atoms with van der Waals surface area (Å²) in [5.41, 5.74) is 3.14. The molecule has 0 radical (unpaired) electrons. The molecule has 0 fully saturated rings. The number of Topliss-reactive ketones (excluding diaryl/α,β-unsaturated/α-hetero) is 1. The molecule has 92 valence electrons. The van der Waals surface area contributed by atoms with Gasteiger partial charge in [0.2, 0.25) is 0 Å². The van der Waals surface area contributed by atoms with Crippen LogP contribution in [0.25, 0.3) is 0 Å². The van der Waals surface area contributed by atoms with E-state index in [1.807, 2.05) is 19.1 Å². The fourth-order valence-corrected chi connectivity index (χ4v) is 2.86. The molecule has 2 rings (SSSR count). The monoisotopic (exact) mass is 232 g/mol. The first kappa shape index (κ1) is 12.2. The summed E-state index contributed by atoms with van der Waals surface area (Å²) in [4.78, 5) is 12.1. The first-order valence-electron chi connectivity index (χ1n) is 6.25. The van der Waals surface area contributed by atoms with Crippen molar-refractivity contribution in [2.24, 2.45) is 5.92 Å². The Morgan fingerprint density at radius 1 is 1.41 bits per heavy atom. The standard InChI is InChI=1S/C15H20O2/c1-9(2)7-11-8-12(16)14-10(3)5-6-13(17-4)15(11)14/h5-6,9,11H,7-8H2,1-4H3. The van der Waals surface area contributed by atoms with E-state index in [1.54, 1.807) is 7.11 Å². The third kappa shape index (κ3) is 2.08. The first-order valence-corrected chi connectivity index (χ1v) is 6.25. The second-order valence-electron chi connectivity index (χ2n) is 5.33. The Morgan fingerprint density at radius 2 is 2.12 bits per heavy atom. The van der Waals surface area contributed by atoms with E-state index in [-0.39, 0.29) is 5.78 Å². The maximum Gasteiger partial charge on any atom is 0.164 e. The van der Waals surface area contributed by atoms with Gasteiger partial charge in [0.1, 0.15) is 5.75 Å². The van der Waals surface area contributed by atoms with E-state index in [0.717, 1.165) is 28.9 Å². The van der Waals surface area contributed by atoms with E-state index >= 15 is 0 Å². The van der Waals surface area contributed by atoms with E-state index in [9.17, 15) is 4.79 Å². The van der Waals surface area contributed by atoms with Crippen LogP contribution in [0.3, 0.4) is 0 Å². The van der Waals surface area contributed by atoms with Crippen LogP contribution in [-0.4, -0.2) is 12.9 Å². The number of carbonyl (C=O) groups is 1. The number of ketones is 1. The molecule has 1 aromatic rings. The number of hydrogen-bond acceptors (Lipinski definition) is 2. The van der Waals surface area contributed by atoms with Crippen LogP contribution in [-0.2, 0) is 0 Å². The van der Waals surface area contributed by atoms with Gasteiger partial charge >= 0.3 is 0 Å². The van der Waals surface area contributed by atoms with Gasteiger partial charge in [-0.15, -0.1) is 0 Å². The lowest BCUT2D eigenvalue weighted by Crippen LogP contribution is -2.02. The molecule has 1 aliphatic carbocycles. The molecule has 0 spiro atoms. The highest BCUT2D eigenvalue weighted by molar-refractivity contribution is 6.03. The van der Waals surface area contributed by atoms with E-state index in [0.29, 0.717) is 18.3 Å². The lowest BCUT2D eigenvalue weighted by molar-refractivity contribution is 0.0986. The number of carbonyl (C=O) groups excluding carboxylic acids is 1. The molecular weight excluding hydrogens is 212 g/mol. The molecular formula is C15H20O2. The molecule has 0 heterocycles. The van der Waals surface area contributed by atoms with Gasteiger partial charge in [-0.3, -0.25) is 4.79 Å². The van der Waals surface area contributed by atoms with E-state index in [2.05, 4.69) is 13.8 Å². The zero-order valence-corrected chi connectivity index (χ0v) is 11.0. The van der Waals surface area contributed by atoms with Crippen LogP contribution in [0.4, 0.5) is 0 Å². The van der Waals surface area contributed by atoms with Crippen molar-refractivity contribution < 1.29 is 9.53 Å². The van der Waals surface area contributed by atoms with Crippen LogP contribution in [0.5, 0.6) is 5.75 Å². The topological polar surface area (TPSA) is 26.3 Å². The van der Waals surface area contributed by atoms with Crippen LogP contribution in [0.15, 0.2) is 12.1 Å². The summed E-state index contributed by atoms with van der Waals surface area (Å²) in [6.07, 6.45) is 1.70. The quantitative estimate of drug-likeness (QED) is 0.794. The van der Waals surface area contributed by atoms with Gasteiger partial charge in [-0.05, 0) is 36.8 Å². The number of methoxy groups -OCH3 is 1. The fraction of sp³-hybridized carbons (Fsp3) is 0.533. The molecule has 0 aromatic heterocycles. The molecule has 0 saturated heterocycles. The molecule has 0 saturated carbocycles. The van der Waals surface area contributed by atoms with Crippen LogP contribution < -0.4 is 4.74 Å². The molecule has 1 atom stereocenters. The SMILES string of the molecule is COc1ccc(C)c2c1C(CC(C)C)CC2=O. The average Bonchev–Trinajstić information content (AvgIpc) is 2.57. The minimum atomic E-state index is 0.280. The predicted octanol–water partition coefficient (Wildman–Crippen LogP) is 3.72. The Hall–Kier alpha value is -1.31. The summed E-state index contributed by atoms with van der Waals surface area (Å²) in [7, 11) is 1.68. The summed E-state index contributed by atoms with van der Waals surface area (Å²) in [5.74, 6) is 2.10. The summed E-state index contributed by atoms with van der Waals surface area (Å²) < 4.78 is 5.42. The summed E-state index contributed by atoms with van der Waals surface area (Å²) in [5, 5.41) is 0. The zero-order valence-electron chi connectivity index (χ0n) is 11.0. The molecule has 1 unspecified atom stereocenters. The van der Waals surface area contributed by atoms with Crippen molar-refractivity contribution in [2.45, 2.75) is 39.5 Å². The molecule has 0 amide bonds. The third-order valence-electron chi connectivity index (χ3n) is 3.51. The van der Waals surface area contributed by atoms with Gasteiger partial charge in [0.05, 0.1) is 7.11 Å². The lowest BCUT2D eigenvalue weighted by Gasteiger charge is -2.16. The third-order valence-corrected chi connectivity index (χ3v) is 3.51. The Balaban J connectivity index is 2.50. The van der Waals surface area contributed by atoms with Crippen molar-refractivity contribution in [1.82, 2.24) is 0 Å². The van der Waals surface area contributed by atoms with Crippen LogP contribution in [0, 0.1) is 12.8 Å². The van der Waals surface area contributed by atoms with Crippen molar-refractivity contribution in [3.8, 4) is 5.75 Å². The van der Waals surface area contributed by atoms with Gasteiger partial charge in [-0.1, -0.05) is 19.9 Å². The van der Waals surface area contributed by atoms with Crippen molar-refractivity contribution in [3.63, 3.8) is 0 Å². The highest BCUT2D eigenvalue weighted by Crippen LogP contribution is 2.43. The maximum atomic E-state index is 12.1. The molecule has 2 heteroatoms.